The van der Waals surface area contributed by atoms with Crippen LogP contribution < -0.4 is 0 Å². The van der Waals surface area contributed by atoms with Crippen molar-refractivity contribution in [2.24, 2.45) is 5.92 Å². The summed E-state index contributed by atoms with van der Waals surface area (Å²) in [6, 6.07) is 1.94. The predicted octanol–water partition coefficient (Wildman–Crippen LogP) is 2.59. The van der Waals surface area contributed by atoms with Crippen LogP contribution in [0.25, 0.3) is 0 Å². The highest BCUT2D eigenvalue weighted by atomic mass is 16.5. The van der Waals surface area contributed by atoms with Crippen LogP contribution in [0.3, 0.4) is 0 Å². The lowest BCUT2D eigenvalue weighted by Gasteiger charge is -2.09. The smallest absolute Gasteiger partial charge is 0.307 e. The first-order valence-electron chi connectivity index (χ1n) is 6.84. The van der Waals surface area contributed by atoms with Gasteiger partial charge in [0.2, 0.25) is 0 Å². The molecule has 0 heterocycles. The molecule has 5 heteroatoms. The van der Waals surface area contributed by atoms with Crippen molar-refractivity contribution >= 4 is 11.9 Å². The van der Waals surface area contributed by atoms with E-state index in [0.29, 0.717) is 13.2 Å². The predicted molar refractivity (Wildman–Crippen MR) is 70.1 cm³/mol. The molecule has 0 radical (unpaired) electrons. The minimum Gasteiger partial charge on any atom is -0.466 e. The zero-order valence-corrected chi connectivity index (χ0v) is 11.8. The van der Waals surface area contributed by atoms with Gasteiger partial charge in [-0.2, -0.15) is 5.26 Å². The topological polar surface area (TPSA) is 76.4 Å². The van der Waals surface area contributed by atoms with Gasteiger partial charge >= 0.3 is 11.9 Å². The van der Waals surface area contributed by atoms with Crippen LogP contribution in [0.15, 0.2) is 0 Å². The van der Waals surface area contributed by atoms with E-state index in [1.54, 1.807) is 0 Å². The van der Waals surface area contributed by atoms with Crippen LogP contribution in [-0.4, -0.2) is 25.2 Å². The van der Waals surface area contributed by atoms with Crippen LogP contribution in [0.5, 0.6) is 0 Å². The minimum atomic E-state index is -0.664. The van der Waals surface area contributed by atoms with Gasteiger partial charge in [-0.1, -0.05) is 26.7 Å². The van der Waals surface area contributed by atoms with E-state index in [9.17, 15) is 9.59 Å². The molecule has 0 aliphatic heterocycles. The first-order valence-corrected chi connectivity index (χ1v) is 6.84. The summed E-state index contributed by atoms with van der Waals surface area (Å²) in [5.74, 6) is -1.52. The largest absolute Gasteiger partial charge is 0.466 e. The maximum absolute atomic E-state index is 11.4. The van der Waals surface area contributed by atoms with Gasteiger partial charge in [-0.05, 0) is 12.8 Å². The molecule has 0 aliphatic carbocycles. The monoisotopic (exact) mass is 269 g/mol. The molecule has 0 fully saturated rings. The van der Waals surface area contributed by atoms with E-state index in [0.717, 1.165) is 25.7 Å². The van der Waals surface area contributed by atoms with Gasteiger partial charge < -0.3 is 9.47 Å². The fourth-order valence-electron chi connectivity index (χ4n) is 1.34. The van der Waals surface area contributed by atoms with Crippen LogP contribution in [-0.2, 0) is 19.1 Å². The lowest BCUT2D eigenvalue weighted by atomic mass is 10.0. The Morgan fingerprint density at radius 2 is 1.42 bits per heavy atom. The van der Waals surface area contributed by atoms with Crippen molar-refractivity contribution < 1.29 is 19.1 Å². The summed E-state index contributed by atoms with van der Waals surface area (Å²) in [7, 11) is 0. The van der Waals surface area contributed by atoms with Crippen LogP contribution in [0, 0.1) is 17.2 Å². The van der Waals surface area contributed by atoms with E-state index >= 15 is 0 Å². The molecule has 0 saturated carbocycles. The summed E-state index contributed by atoms with van der Waals surface area (Å²) < 4.78 is 9.91. The van der Waals surface area contributed by atoms with E-state index < -0.39 is 17.9 Å². The Hall–Kier alpha value is -1.57. The molecule has 0 aromatic carbocycles. The van der Waals surface area contributed by atoms with Gasteiger partial charge in [0, 0.05) is 0 Å². The number of carbonyl (C=O) groups is 2. The van der Waals surface area contributed by atoms with Crippen molar-refractivity contribution in [3.05, 3.63) is 0 Å². The van der Waals surface area contributed by atoms with Crippen LogP contribution in [0.1, 0.15) is 52.4 Å². The Kier molecular flexibility index (Phi) is 10.6. The number of hydrogen-bond acceptors (Lipinski definition) is 5. The van der Waals surface area contributed by atoms with Crippen LogP contribution in [0.2, 0.25) is 0 Å². The summed E-state index contributed by atoms with van der Waals surface area (Å²) >= 11 is 0. The fraction of sp³-hybridized carbons (Fsp3) is 0.786. The highest BCUT2D eigenvalue weighted by Crippen LogP contribution is 2.10. The zero-order chi connectivity index (χ0) is 14.5. The summed E-state index contributed by atoms with van der Waals surface area (Å²) in [6.07, 6.45) is 3.40. The maximum Gasteiger partial charge on any atom is 0.307 e. The number of nitrogens with zero attached hydrogens (tertiary/aromatic N) is 1. The molecule has 0 aliphatic rings. The highest BCUT2D eigenvalue weighted by Gasteiger charge is 2.18. The van der Waals surface area contributed by atoms with Crippen molar-refractivity contribution in [2.75, 3.05) is 13.2 Å². The molecule has 5 nitrogen and oxygen atoms in total. The van der Waals surface area contributed by atoms with E-state index in [-0.39, 0.29) is 12.8 Å². The Morgan fingerprint density at radius 1 is 1.00 bits per heavy atom. The third-order valence-corrected chi connectivity index (χ3v) is 2.53. The normalized spacial score (nSPS) is 10.0. The molecule has 19 heavy (non-hydrogen) atoms. The zero-order valence-electron chi connectivity index (χ0n) is 11.8. The first kappa shape index (κ1) is 17.4. The third kappa shape index (κ3) is 10.1. The number of unbranched alkanes of at least 4 members (excludes halogenated alkanes) is 2. The van der Waals surface area contributed by atoms with Gasteiger partial charge in [-0.15, -0.1) is 0 Å². The van der Waals surface area contributed by atoms with Gasteiger partial charge in [-0.3, -0.25) is 9.59 Å². The Morgan fingerprint density at radius 3 is 1.74 bits per heavy atom. The molecule has 0 bridgehead atoms. The maximum atomic E-state index is 11.4. The van der Waals surface area contributed by atoms with Gasteiger partial charge in [0.25, 0.3) is 0 Å². The molecule has 0 aromatic rings. The van der Waals surface area contributed by atoms with Crippen molar-refractivity contribution in [1.82, 2.24) is 0 Å². The van der Waals surface area contributed by atoms with Crippen molar-refractivity contribution in [1.29, 1.82) is 5.26 Å². The average molecular weight is 269 g/mol. The number of ether oxygens (including phenoxy) is 2. The second-order valence-corrected chi connectivity index (χ2v) is 4.38. The second-order valence-electron chi connectivity index (χ2n) is 4.38. The van der Waals surface area contributed by atoms with Crippen molar-refractivity contribution in [2.45, 2.75) is 52.4 Å². The van der Waals surface area contributed by atoms with Gasteiger partial charge in [0.05, 0.1) is 38.0 Å². The molecule has 0 N–H and O–H groups in total. The Balaban J connectivity index is 3.90. The number of carbonyl (C=O) groups excluding carboxylic acids is 2. The highest BCUT2D eigenvalue weighted by molar-refractivity contribution is 5.73. The SMILES string of the molecule is CCCCOC(=O)CC(C#N)CC(=O)OCCCC. The standard InChI is InChI=1S/C14H23NO4/c1-3-5-7-18-13(16)9-12(11-15)10-14(17)19-8-6-4-2/h12H,3-10H2,1-2H3. The van der Waals surface area contributed by atoms with Crippen LogP contribution in [0.4, 0.5) is 0 Å². The Labute approximate surface area is 114 Å². The van der Waals surface area contributed by atoms with E-state index in [1.165, 1.54) is 0 Å². The molecule has 0 amide bonds. The summed E-state index contributed by atoms with van der Waals surface area (Å²) in [6.45, 7) is 4.74. The minimum absolute atomic E-state index is 0.0525. The van der Waals surface area contributed by atoms with Crippen molar-refractivity contribution in [3.8, 4) is 6.07 Å². The third-order valence-electron chi connectivity index (χ3n) is 2.53. The summed E-state index contributed by atoms with van der Waals surface area (Å²) in [4.78, 5) is 22.8. The number of nitriles is 1. The average Bonchev–Trinajstić information content (AvgIpc) is 2.38. The Bertz CT molecular complexity index is 285. The first-order chi connectivity index (χ1) is 9.13. The fourth-order valence-corrected chi connectivity index (χ4v) is 1.34. The molecular formula is C14H23NO4. The van der Waals surface area contributed by atoms with Crippen LogP contribution >= 0.6 is 0 Å². The van der Waals surface area contributed by atoms with E-state index in [4.69, 9.17) is 14.7 Å². The second kappa shape index (κ2) is 11.5. The molecule has 0 unspecified atom stereocenters. The summed E-state index contributed by atoms with van der Waals surface area (Å²) in [5.41, 5.74) is 0. The molecule has 0 saturated heterocycles. The number of rotatable bonds is 10. The quantitative estimate of drug-likeness (QED) is 0.450. The summed E-state index contributed by atoms with van der Waals surface area (Å²) in [5, 5.41) is 8.90. The van der Waals surface area contributed by atoms with Gasteiger partial charge in [0.1, 0.15) is 0 Å². The molecule has 0 aromatic heterocycles. The number of hydrogen-bond donors (Lipinski definition) is 0. The molecule has 108 valence electrons. The van der Waals surface area contributed by atoms with Gasteiger partial charge in [0.15, 0.2) is 0 Å². The molecule has 0 spiro atoms. The van der Waals surface area contributed by atoms with Crippen molar-refractivity contribution in [3.63, 3.8) is 0 Å². The van der Waals surface area contributed by atoms with E-state index in [1.807, 2.05) is 19.9 Å². The lowest BCUT2D eigenvalue weighted by molar-refractivity contribution is -0.146. The molecular weight excluding hydrogens is 246 g/mol. The lowest BCUT2D eigenvalue weighted by Crippen LogP contribution is -2.16. The number of esters is 2. The molecule has 0 rings (SSSR count). The van der Waals surface area contributed by atoms with Gasteiger partial charge in [-0.25, -0.2) is 0 Å². The molecule has 0 atom stereocenters. The van der Waals surface area contributed by atoms with E-state index in [2.05, 4.69) is 0 Å².